The van der Waals surface area contributed by atoms with E-state index in [0.717, 1.165) is 28.9 Å². The lowest BCUT2D eigenvalue weighted by atomic mass is 10.2. The molecule has 0 spiro atoms. The molecule has 25 heavy (non-hydrogen) atoms. The third-order valence-electron chi connectivity index (χ3n) is 4.96. The van der Waals surface area contributed by atoms with Crippen molar-refractivity contribution >= 4 is 33.0 Å². The normalized spacial score (nSPS) is 15.4. The lowest BCUT2D eigenvalue weighted by Gasteiger charge is -2.12. The molecule has 0 atom stereocenters. The molecule has 1 amide bonds. The molecule has 3 heterocycles. The first-order valence-electron chi connectivity index (χ1n) is 8.89. The third-order valence-corrected chi connectivity index (χ3v) is 5.81. The Hall–Kier alpha value is -2.15. The molecule has 1 N–H and O–H groups in total. The van der Waals surface area contributed by atoms with Crippen molar-refractivity contribution in [1.82, 2.24) is 19.5 Å². The van der Waals surface area contributed by atoms with Gasteiger partial charge in [-0.1, -0.05) is 12.8 Å². The Balaban J connectivity index is 1.47. The number of nitrogens with zero attached hydrogens (tertiary/aromatic N) is 3. The van der Waals surface area contributed by atoms with E-state index >= 15 is 0 Å². The Morgan fingerprint density at radius 2 is 2.16 bits per heavy atom. The zero-order valence-corrected chi connectivity index (χ0v) is 15.1. The first-order chi connectivity index (χ1) is 12.1. The van der Waals surface area contributed by atoms with E-state index in [1.807, 2.05) is 28.8 Å². The van der Waals surface area contributed by atoms with Gasteiger partial charge in [0.15, 0.2) is 0 Å². The van der Waals surface area contributed by atoms with Crippen molar-refractivity contribution in [2.45, 2.75) is 58.0 Å². The highest BCUT2D eigenvalue weighted by atomic mass is 32.1. The monoisotopic (exact) mass is 358 g/mol. The van der Waals surface area contributed by atoms with Crippen molar-refractivity contribution in [2.75, 3.05) is 0 Å². The summed E-state index contributed by atoms with van der Waals surface area (Å²) < 4.78 is 4.50. The maximum atomic E-state index is 12.7. The van der Waals surface area contributed by atoms with Crippen LogP contribution in [0.5, 0.6) is 0 Å². The summed E-state index contributed by atoms with van der Waals surface area (Å²) in [6.45, 7) is 2.37. The summed E-state index contributed by atoms with van der Waals surface area (Å²) in [6, 6.07) is 4.29. The van der Waals surface area contributed by atoms with E-state index in [1.54, 1.807) is 11.3 Å². The standard InChI is InChI=1S/C18H22N4O2S/c1-12-20-21(9-4-7-17(23)19-13-5-2-3-6-13)18(24)15-11-16-14(22(12)15)8-10-25-16/h8,10-11,13H,2-7,9H2,1H3,(H,19,23). The van der Waals surface area contributed by atoms with E-state index in [0.29, 0.717) is 30.9 Å². The van der Waals surface area contributed by atoms with Gasteiger partial charge in [-0.15, -0.1) is 11.3 Å². The Morgan fingerprint density at radius 3 is 2.96 bits per heavy atom. The van der Waals surface area contributed by atoms with Gasteiger partial charge in [0.1, 0.15) is 11.3 Å². The fourth-order valence-electron chi connectivity index (χ4n) is 3.74. The number of fused-ring (bicyclic) bond motifs is 3. The predicted octanol–water partition coefficient (Wildman–Crippen LogP) is 2.86. The van der Waals surface area contributed by atoms with Crippen LogP contribution in [0.2, 0.25) is 0 Å². The second-order valence-electron chi connectivity index (χ2n) is 6.76. The van der Waals surface area contributed by atoms with Crippen molar-refractivity contribution in [2.24, 2.45) is 0 Å². The SMILES string of the molecule is Cc1nn(CCCC(=O)NC2CCCC2)c(=O)c2cc3sccc3n12. The van der Waals surface area contributed by atoms with Crippen LogP contribution in [0.15, 0.2) is 22.3 Å². The van der Waals surface area contributed by atoms with Gasteiger partial charge in [0.2, 0.25) is 5.91 Å². The summed E-state index contributed by atoms with van der Waals surface area (Å²) in [7, 11) is 0. The van der Waals surface area contributed by atoms with E-state index in [1.165, 1.54) is 17.5 Å². The number of aromatic nitrogens is 3. The molecule has 132 valence electrons. The number of rotatable bonds is 5. The van der Waals surface area contributed by atoms with Gasteiger partial charge in [-0.05, 0) is 43.7 Å². The molecule has 3 aromatic rings. The van der Waals surface area contributed by atoms with E-state index in [4.69, 9.17) is 0 Å². The fourth-order valence-corrected chi connectivity index (χ4v) is 4.54. The third kappa shape index (κ3) is 3.08. The smallest absolute Gasteiger partial charge is 0.291 e. The number of amides is 1. The van der Waals surface area contributed by atoms with Gasteiger partial charge in [0.05, 0.1) is 10.2 Å². The van der Waals surface area contributed by atoms with Crippen molar-refractivity contribution in [1.29, 1.82) is 0 Å². The highest BCUT2D eigenvalue weighted by Gasteiger charge is 2.17. The Kier molecular flexibility index (Phi) is 4.33. The van der Waals surface area contributed by atoms with Crippen molar-refractivity contribution < 1.29 is 4.79 Å². The first kappa shape index (κ1) is 16.3. The van der Waals surface area contributed by atoms with Crippen LogP contribution in [0.4, 0.5) is 0 Å². The summed E-state index contributed by atoms with van der Waals surface area (Å²) in [5.74, 6) is 0.874. The number of carbonyl (C=O) groups excluding carboxylic acids is 1. The Labute approximate surface area is 149 Å². The fraction of sp³-hybridized carbons (Fsp3) is 0.500. The molecule has 3 aromatic heterocycles. The van der Waals surface area contributed by atoms with Gasteiger partial charge >= 0.3 is 0 Å². The highest BCUT2D eigenvalue weighted by molar-refractivity contribution is 7.17. The maximum absolute atomic E-state index is 12.7. The van der Waals surface area contributed by atoms with Gasteiger partial charge in [-0.2, -0.15) is 5.10 Å². The van der Waals surface area contributed by atoms with Gasteiger partial charge in [-0.25, -0.2) is 4.68 Å². The molecule has 0 aromatic carbocycles. The molecule has 0 radical (unpaired) electrons. The minimum atomic E-state index is -0.0924. The summed E-state index contributed by atoms with van der Waals surface area (Å²) in [5, 5.41) is 9.55. The molecule has 0 saturated heterocycles. The van der Waals surface area contributed by atoms with Gasteiger partial charge < -0.3 is 5.32 Å². The van der Waals surface area contributed by atoms with Crippen LogP contribution in [-0.4, -0.2) is 26.1 Å². The Morgan fingerprint density at radius 1 is 1.36 bits per heavy atom. The number of thiophene rings is 1. The minimum Gasteiger partial charge on any atom is -0.353 e. The molecule has 4 rings (SSSR count). The second-order valence-corrected chi connectivity index (χ2v) is 7.71. The van der Waals surface area contributed by atoms with E-state index < -0.39 is 0 Å². The predicted molar refractivity (Wildman–Crippen MR) is 99.2 cm³/mol. The average Bonchev–Trinajstić information content (AvgIpc) is 3.28. The van der Waals surface area contributed by atoms with Crippen LogP contribution in [0.25, 0.3) is 15.7 Å². The zero-order valence-electron chi connectivity index (χ0n) is 14.3. The zero-order chi connectivity index (χ0) is 17.4. The van der Waals surface area contributed by atoms with Crippen LogP contribution < -0.4 is 10.9 Å². The number of carbonyl (C=O) groups is 1. The van der Waals surface area contributed by atoms with Gasteiger partial charge in [-0.3, -0.25) is 14.0 Å². The number of hydrogen-bond donors (Lipinski definition) is 1. The quantitative estimate of drug-likeness (QED) is 0.762. The van der Waals surface area contributed by atoms with Gasteiger partial charge in [0, 0.05) is 19.0 Å². The van der Waals surface area contributed by atoms with Crippen LogP contribution in [0, 0.1) is 6.92 Å². The van der Waals surface area contributed by atoms with Crippen molar-refractivity contribution in [3.63, 3.8) is 0 Å². The van der Waals surface area contributed by atoms with Crippen LogP contribution in [0.1, 0.15) is 44.3 Å². The summed E-state index contributed by atoms with van der Waals surface area (Å²) in [4.78, 5) is 24.7. The van der Waals surface area contributed by atoms with Gasteiger partial charge in [0.25, 0.3) is 5.56 Å². The summed E-state index contributed by atoms with van der Waals surface area (Å²) >= 11 is 1.62. The van der Waals surface area contributed by atoms with Crippen LogP contribution in [0.3, 0.4) is 0 Å². The highest BCUT2D eigenvalue weighted by Crippen LogP contribution is 2.24. The van der Waals surface area contributed by atoms with Crippen molar-refractivity contribution in [3.05, 3.63) is 33.7 Å². The maximum Gasteiger partial charge on any atom is 0.291 e. The minimum absolute atomic E-state index is 0.0842. The van der Waals surface area contributed by atoms with Crippen LogP contribution in [-0.2, 0) is 11.3 Å². The topological polar surface area (TPSA) is 68.4 Å². The largest absolute Gasteiger partial charge is 0.353 e. The molecule has 1 aliphatic carbocycles. The lowest BCUT2D eigenvalue weighted by Crippen LogP contribution is -2.33. The molecular formula is C18H22N4O2S. The van der Waals surface area contributed by atoms with E-state index in [2.05, 4.69) is 10.4 Å². The first-order valence-corrected chi connectivity index (χ1v) is 9.77. The number of hydrogen-bond acceptors (Lipinski definition) is 4. The van der Waals surface area contributed by atoms with Crippen LogP contribution >= 0.6 is 11.3 Å². The average molecular weight is 358 g/mol. The molecule has 0 bridgehead atoms. The molecular weight excluding hydrogens is 336 g/mol. The summed E-state index contributed by atoms with van der Waals surface area (Å²) in [6.07, 6.45) is 5.65. The van der Waals surface area contributed by atoms with E-state index in [-0.39, 0.29) is 11.5 Å². The lowest BCUT2D eigenvalue weighted by molar-refractivity contribution is -0.121. The molecule has 0 unspecified atom stereocenters. The number of aryl methyl sites for hydroxylation is 2. The van der Waals surface area contributed by atoms with Crippen molar-refractivity contribution in [3.8, 4) is 0 Å². The molecule has 1 saturated carbocycles. The Bertz CT molecular complexity index is 978. The molecule has 6 nitrogen and oxygen atoms in total. The molecule has 1 fully saturated rings. The second kappa shape index (κ2) is 6.63. The molecule has 7 heteroatoms. The molecule has 1 aliphatic rings. The summed E-state index contributed by atoms with van der Waals surface area (Å²) in [5.41, 5.74) is 1.60. The van der Waals surface area contributed by atoms with E-state index in [9.17, 15) is 9.59 Å². The number of nitrogens with one attached hydrogen (secondary N) is 1. The molecule has 0 aliphatic heterocycles.